The molecule has 2 rings (SSSR count). The summed E-state index contributed by atoms with van der Waals surface area (Å²) >= 11 is 0. The molecule has 0 aliphatic heterocycles. The van der Waals surface area contributed by atoms with Crippen molar-refractivity contribution in [3.05, 3.63) is 74.8 Å². The van der Waals surface area contributed by atoms with E-state index in [4.69, 9.17) is 0 Å². The molecule has 0 radical (unpaired) electrons. The van der Waals surface area contributed by atoms with Crippen molar-refractivity contribution in [1.29, 1.82) is 0 Å². The molecular weight excluding hydrogens is 292 g/mol. The van der Waals surface area contributed by atoms with Gasteiger partial charge < -0.3 is 5.32 Å². The monoisotopic (exact) mass is 312 g/mol. The van der Waals surface area contributed by atoms with Crippen molar-refractivity contribution >= 4 is 11.6 Å². The van der Waals surface area contributed by atoms with Crippen molar-refractivity contribution < 1.29 is 9.72 Å². The van der Waals surface area contributed by atoms with Gasteiger partial charge in [0, 0.05) is 22.7 Å². The maximum Gasteiger partial charge on any atom is 0.275 e. The Morgan fingerprint density at radius 1 is 1.17 bits per heavy atom. The van der Waals surface area contributed by atoms with Gasteiger partial charge in [0.25, 0.3) is 11.6 Å². The third kappa shape index (κ3) is 4.16. The molecule has 5 nitrogen and oxygen atoms in total. The zero-order chi connectivity index (χ0) is 17.0. The first kappa shape index (κ1) is 16.7. The van der Waals surface area contributed by atoms with Gasteiger partial charge >= 0.3 is 0 Å². The molecule has 1 atom stereocenters. The average Bonchev–Trinajstić information content (AvgIpc) is 2.46. The van der Waals surface area contributed by atoms with Crippen molar-refractivity contribution in [3.63, 3.8) is 0 Å². The summed E-state index contributed by atoms with van der Waals surface area (Å²) in [6.07, 6.45) is 0.734. The second kappa shape index (κ2) is 7.05. The summed E-state index contributed by atoms with van der Waals surface area (Å²) < 4.78 is 0. The van der Waals surface area contributed by atoms with Crippen molar-refractivity contribution in [2.45, 2.75) is 33.2 Å². The quantitative estimate of drug-likeness (QED) is 0.677. The fourth-order valence-electron chi connectivity index (χ4n) is 2.70. The Labute approximate surface area is 135 Å². The molecule has 0 bridgehead atoms. The third-order valence-electron chi connectivity index (χ3n) is 3.70. The number of amides is 1. The van der Waals surface area contributed by atoms with Crippen LogP contribution in [0, 0.1) is 24.0 Å². The maximum absolute atomic E-state index is 12.3. The van der Waals surface area contributed by atoms with Gasteiger partial charge in [-0.2, -0.15) is 0 Å². The van der Waals surface area contributed by atoms with Crippen LogP contribution in [0.5, 0.6) is 0 Å². The second-order valence-corrected chi connectivity index (χ2v) is 5.78. The molecule has 0 aliphatic carbocycles. The van der Waals surface area contributed by atoms with E-state index in [1.165, 1.54) is 0 Å². The van der Waals surface area contributed by atoms with Gasteiger partial charge in [0.05, 0.1) is 4.92 Å². The van der Waals surface area contributed by atoms with Crippen molar-refractivity contribution in [3.8, 4) is 0 Å². The summed E-state index contributed by atoms with van der Waals surface area (Å²) in [6.45, 7) is 5.24. The van der Waals surface area contributed by atoms with E-state index in [1.807, 2.05) is 37.3 Å². The summed E-state index contributed by atoms with van der Waals surface area (Å²) in [5, 5.41) is 13.9. The number of nitrogens with one attached hydrogen (secondary N) is 1. The lowest BCUT2D eigenvalue weighted by Crippen LogP contribution is -2.34. The number of hydrogen-bond donors (Lipinski definition) is 1. The third-order valence-corrected chi connectivity index (χ3v) is 3.70. The Kier molecular flexibility index (Phi) is 5.11. The fourth-order valence-corrected chi connectivity index (χ4v) is 2.70. The Morgan fingerprint density at radius 2 is 1.74 bits per heavy atom. The van der Waals surface area contributed by atoms with Crippen molar-refractivity contribution in [1.82, 2.24) is 5.32 Å². The van der Waals surface area contributed by atoms with E-state index < -0.39 is 4.92 Å². The lowest BCUT2D eigenvalue weighted by Gasteiger charge is -2.15. The normalized spacial score (nSPS) is 11.8. The number of nitrogens with zero attached hydrogens (tertiary/aromatic N) is 1. The average molecular weight is 312 g/mol. The van der Waals surface area contributed by atoms with Crippen LogP contribution >= 0.6 is 0 Å². The number of rotatable bonds is 5. The standard InChI is InChI=1S/C18H20N2O3/c1-12-9-16(10-13(2)17(12)20(22)23)18(21)19-14(3)11-15-7-5-4-6-8-15/h4-10,14H,11H2,1-3H3,(H,19,21). The van der Waals surface area contributed by atoms with Crippen LogP contribution in [0.2, 0.25) is 0 Å². The first-order valence-corrected chi connectivity index (χ1v) is 7.49. The minimum Gasteiger partial charge on any atom is -0.349 e. The number of benzene rings is 2. The highest BCUT2D eigenvalue weighted by atomic mass is 16.6. The number of carbonyl (C=O) groups excluding carboxylic acids is 1. The van der Waals surface area contributed by atoms with Crippen LogP contribution in [0.1, 0.15) is 34.0 Å². The Morgan fingerprint density at radius 3 is 2.26 bits per heavy atom. The van der Waals surface area contributed by atoms with Gasteiger partial charge in [0.1, 0.15) is 0 Å². The minimum absolute atomic E-state index is 0.0271. The second-order valence-electron chi connectivity index (χ2n) is 5.78. The molecule has 0 fully saturated rings. The van der Waals surface area contributed by atoms with E-state index in [1.54, 1.807) is 26.0 Å². The zero-order valence-electron chi connectivity index (χ0n) is 13.5. The highest BCUT2D eigenvalue weighted by Gasteiger charge is 2.19. The molecule has 0 aliphatic rings. The SMILES string of the molecule is Cc1cc(C(=O)NC(C)Cc2ccccc2)cc(C)c1[N+](=O)[O-]. The Bertz CT molecular complexity index is 703. The van der Waals surface area contributed by atoms with E-state index in [0.29, 0.717) is 16.7 Å². The van der Waals surface area contributed by atoms with Gasteiger partial charge in [0.2, 0.25) is 0 Å². The molecule has 120 valence electrons. The highest BCUT2D eigenvalue weighted by Crippen LogP contribution is 2.24. The number of nitro benzene ring substituents is 1. The molecule has 0 spiro atoms. The van der Waals surface area contributed by atoms with Gasteiger partial charge in [-0.15, -0.1) is 0 Å². The lowest BCUT2D eigenvalue weighted by molar-refractivity contribution is -0.386. The molecule has 1 amide bonds. The molecule has 1 unspecified atom stereocenters. The topological polar surface area (TPSA) is 72.2 Å². The van der Waals surface area contributed by atoms with Crippen LogP contribution < -0.4 is 5.32 Å². The van der Waals surface area contributed by atoms with Crippen LogP contribution in [0.25, 0.3) is 0 Å². The van der Waals surface area contributed by atoms with Gasteiger partial charge in [-0.25, -0.2) is 0 Å². The molecule has 2 aromatic rings. The Balaban J connectivity index is 2.10. The van der Waals surface area contributed by atoms with Crippen LogP contribution in [0.4, 0.5) is 5.69 Å². The van der Waals surface area contributed by atoms with Crippen LogP contribution in [0.15, 0.2) is 42.5 Å². The molecule has 0 aromatic heterocycles. The van der Waals surface area contributed by atoms with E-state index in [-0.39, 0.29) is 17.6 Å². The molecule has 0 saturated carbocycles. The van der Waals surface area contributed by atoms with Crippen LogP contribution in [0.3, 0.4) is 0 Å². The number of hydrogen-bond acceptors (Lipinski definition) is 3. The summed E-state index contributed by atoms with van der Waals surface area (Å²) in [6, 6.07) is 13.0. The Hall–Kier alpha value is -2.69. The maximum atomic E-state index is 12.3. The van der Waals surface area contributed by atoms with E-state index in [9.17, 15) is 14.9 Å². The first-order valence-electron chi connectivity index (χ1n) is 7.49. The minimum atomic E-state index is -0.412. The van der Waals surface area contributed by atoms with Gasteiger partial charge in [-0.05, 0) is 44.9 Å². The molecule has 5 heteroatoms. The predicted octanol–water partition coefficient (Wildman–Crippen LogP) is 3.57. The van der Waals surface area contributed by atoms with Crippen molar-refractivity contribution in [2.75, 3.05) is 0 Å². The summed E-state index contributed by atoms with van der Waals surface area (Å²) in [7, 11) is 0. The zero-order valence-corrected chi connectivity index (χ0v) is 13.5. The summed E-state index contributed by atoms with van der Waals surface area (Å²) in [5.74, 6) is -0.213. The highest BCUT2D eigenvalue weighted by molar-refractivity contribution is 5.95. The first-order chi connectivity index (χ1) is 10.9. The van der Waals surface area contributed by atoms with Crippen molar-refractivity contribution in [2.24, 2.45) is 0 Å². The largest absolute Gasteiger partial charge is 0.349 e. The van der Waals surface area contributed by atoms with Crippen LogP contribution in [-0.2, 0) is 6.42 Å². The molecule has 1 N–H and O–H groups in total. The predicted molar refractivity (Wildman–Crippen MR) is 89.6 cm³/mol. The smallest absolute Gasteiger partial charge is 0.275 e. The fraction of sp³-hybridized carbons (Fsp3) is 0.278. The lowest BCUT2D eigenvalue weighted by atomic mass is 10.0. The van der Waals surface area contributed by atoms with Gasteiger partial charge in [-0.1, -0.05) is 30.3 Å². The van der Waals surface area contributed by atoms with E-state index >= 15 is 0 Å². The van der Waals surface area contributed by atoms with Crippen LogP contribution in [-0.4, -0.2) is 16.9 Å². The molecule has 0 heterocycles. The van der Waals surface area contributed by atoms with E-state index in [2.05, 4.69) is 5.32 Å². The number of aryl methyl sites for hydroxylation is 2. The number of nitro groups is 1. The molecular formula is C18H20N2O3. The number of carbonyl (C=O) groups is 1. The summed E-state index contributed by atoms with van der Waals surface area (Å²) in [5.41, 5.74) is 2.66. The van der Waals surface area contributed by atoms with Gasteiger partial charge in [-0.3, -0.25) is 14.9 Å². The molecule has 2 aromatic carbocycles. The molecule has 23 heavy (non-hydrogen) atoms. The van der Waals surface area contributed by atoms with Gasteiger partial charge in [0.15, 0.2) is 0 Å². The molecule has 0 saturated heterocycles. The summed E-state index contributed by atoms with van der Waals surface area (Å²) in [4.78, 5) is 22.9. The van der Waals surface area contributed by atoms with E-state index in [0.717, 1.165) is 12.0 Å².